The molecule has 0 spiro atoms. The first kappa shape index (κ1) is 19.5. The highest BCUT2D eigenvalue weighted by Gasteiger charge is 2.11. The molecule has 0 amide bonds. The number of nitrogens with one attached hydrogen (secondary N) is 1. The zero-order valence-electron chi connectivity index (χ0n) is 14.6. The summed E-state index contributed by atoms with van der Waals surface area (Å²) in [5, 5.41) is 3.44. The van der Waals surface area contributed by atoms with Crippen LogP contribution in [0.25, 0.3) is 0 Å². The number of hydrogen-bond acceptors (Lipinski definition) is 1. The second kappa shape index (κ2) is 13.5. The van der Waals surface area contributed by atoms with Gasteiger partial charge < -0.3 is 5.32 Å². The maximum atomic E-state index is 3.44. The van der Waals surface area contributed by atoms with Crippen LogP contribution in [-0.4, -0.2) is 13.1 Å². The SMILES string of the molecule is CC(C)C#CCNCC1CCCCC1.CCCC(C)C. The van der Waals surface area contributed by atoms with E-state index >= 15 is 0 Å². The van der Waals surface area contributed by atoms with Crippen LogP contribution in [-0.2, 0) is 0 Å². The minimum absolute atomic E-state index is 0.506. The minimum Gasteiger partial charge on any atom is -0.306 e. The van der Waals surface area contributed by atoms with E-state index in [9.17, 15) is 0 Å². The lowest BCUT2D eigenvalue weighted by atomic mass is 9.89. The van der Waals surface area contributed by atoms with Gasteiger partial charge in [0, 0.05) is 5.92 Å². The van der Waals surface area contributed by atoms with E-state index in [1.807, 2.05) is 0 Å². The molecule has 1 nitrogen and oxygen atoms in total. The van der Waals surface area contributed by atoms with Crippen LogP contribution < -0.4 is 5.32 Å². The predicted molar refractivity (Wildman–Crippen MR) is 91.8 cm³/mol. The molecule has 118 valence electrons. The molecule has 0 bridgehead atoms. The Morgan fingerprint density at radius 3 is 2.15 bits per heavy atom. The van der Waals surface area contributed by atoms with Crippen LogP contribution in [0.15, 0.2) is 0 Å². The molecule has 1 saturated carbocycles. The highest BCUT2D eigenvalue weighted by Crippen LogP contribution is 2.22. The smallest absolute Gasteiger partial charge is 0.0576 e. The topological polar surface area (TPSA) is 12.0 Å². The first-order valence-electron chi connectivity index (χ1n) is 8.75. The number of hydrogen-bond donors (Lipinski definition) is 1. The van der Waals surface area contributed by atoms with Crippen molar-refractivity contribution in [3.05, 3.63) is 0 Å². The fourth-order valence-electron chi connectivity index (χ4n) is 2.56. The van der Waals surface area contributed by atoms with E-state index in [1.54, 1.807) is 0 Å². The van der Waals surface area contributed by atoms with Crippen LogP contribution in [0.4, 0.5) is 0 Å². The molecule has 1 N–H and O–H groups in total. The molecule has 0 aliphatic heterocycles. The summed E-state index contributed by atoms with van der Waals surface area (Å²) in [6.07, 6.45) is 9.87. The van der Waals surface area contributed by atoms with Gasteiger partial charge in [0.2, 0.25) is 0 Å². The van der Waals surface area contributed by atoms with Crippen LogP contribution in [0.2, 0.25) is 0 Å². The second-order valence-corrected chi connectivity index (χ2v) is 6.79. The van der Waals surface area contributed by atoms with Crippen LogP contribution in [0.5, 0.6) is 0 Å². The minimum atomic E-state index is 0.506. The highest BCUT2D eigenvalue weighted by atomic mass is 14.8. The van der Waals surface area contributed by atoms with Gasteiger partial charge in [-0.25, -0.2) is 0 Å². The fraction of sp³-hybridized carbons (Fsp3) is 0.895. The molecule has 1 aliphatic carbocycles. The third-order valence-electron chi connectivity index (χ3n) is 3.63. The third-order valence-corrected chi connectivity index (χ3v) is 3.63. The molecule has 0 aromatic rings. The Labute approximate surface area is 128 Å². The van der Waals surface area contributed by atoms with Gasteiger partial charge in [0.1, 0.15) is 0 Å². The van der Waals surface area contributed by atoms with Gasteiger partial charge in [-0.1, -0.05) is 78.6 Å². The zero-order chi connectivity index (χ0) is 15.2. The molecule has 0 aromatic heterocycles. The van der Waals surface area contributed by atoms with Crippen LogP contribution in [0, 0.1) is 29.6 Å². The van der Waals surface area contributed by atoms with Gasteiger partial charge >= 0.3 is 0 Å². The van der Waals surface area contributed by atoms with Gasteiger partial charge in [-0.2, -0.15) is 0 Å². The quantitative estimate of drug-likeness (QED) is 0.535. The molecule has 0 saturated heterocycles. The summed E-state index contributed by atoms with van der Waals surface area (Å²) in [5.41, 5.74) is 0. The average molecular weight is 280 g/mol. The van der Waals surface area contributed by atoms with Crippen LogP contribution in [0.3, 0.4) is 0 Å². The van der Waals surface area contributed by atoms with E-state index in [2.05, 4.69) is 51.8 Å². The predicted octanol–water partition coefficient (Wildman–Crippen LogP) is 5.26. The lowest BCUT2D eigenvalue weighted by Crippen LogP contribution is -2.24. The van der Waals surface area contributed by atoms with E-state index in [4.69, 9.17) is 0 Å². The molecule has 0 aromatic carbocycles. The van der Waals surface area contributed by atoms with Crippen molar-refractivity contribution in [2.45, 2.75) is 79.6 Å². The summed E-state index contributed by atoms with van der Waals surface area (Å²) >= 11 is 0. The highest BCUT2D eigenvalue weighted by molar-refractivity contribution is 5.02. The molecule has 1 rings (SSSR count). The molecular weight excluding hydrogens is 242 g/mol. The maximum Gasteiger partial charge on any atom is 0.0576 e. The van der Waals surface area contributed by atoms with Crippen molar-refractivity contribution in [3.8, 4) is 11.8 Å². The Bertz CT molecular complexity index is 251. The van der Waals surface area contributed by atoms with Crippen molar-refractivity contribution in [2.75, 3.05) is 13.1 Å². The summed E-state index contributed by atoms with van der Waals surface area (Å²) in [7, 11) is 0. The van der Waals surface area contributed by atoms with E-state index < -0.39 is 0 Å². The number of rotatable bonds is 5. The molecule has 0 atom stereocenters. The van der Waals surface area contributed by atoms with Crippen molar-refractivity contribution < 1.29 is 0 Å². The largest absolute Gasteiger partial charge is 0.306 e. The lowest BCUT2D eigenvalue weighted by molar-refractivity contribution is 0.347. The van der Waals surface area contributed by atoms with Crippen molar-refractivity contribution in [2.24, 2.45) is 17.8 Å². The van der Waals surface area contributed by atoms with Crippen LogP contribution in [0.1, 0.15) is 79.6 Å². The first-order valence-corrected chi connectivity index (χ1v) is 8.75. The Hall–Kier alpha value is -0.480. The molecular formula is C19H37N. The zero-order valence-corrected chi connectivity index (χ0v) is 14.6. The first-order chi connectivity index (χ1) is 9.56. The summed E-state index contributed by atoms with van der Waals surface area (Å²) in [4.78, 5) is 0. The van der Waals surface area contributed by atoms with Gasteiger partial charge in [0.15, 0.2) is 0 Å². The van der Waals surface area contributed by atoms with Gasteiger partial charge in [-0.3, -0.25) is 0 Å². The van der Waals surface area contributed by atoms with Crippen LogP contribution >= 0.6 is 0 Å². The van der Waals surface area contributed by atoms with E-state index in [0.29, 0.717) is 5.92 Å². The van der Waals surface area contributed by atoms with Crippen molar-refractivity contribution in [3.63, 3.8) is 0 Å². The van der Waals surface area contributed by atoms with E-state index in [1.165, 1.54) is 51.5 Å². The third kappa shape index (κ3) is 13.9. The standard InChI is InChI=1S/C13H23N.C6H14/c1-12(2)7-6-10-14-11-13-8-4-3-5-9-13;1-4-5-6(2)3/h12-14H,3-5,8-11H2,1-2H3;6H,4-5H2,1-3H3. The molecule has 1 fully saturated rings. The monoisotopic (exact) mass is 279 g/mol. The normalized spacial score (nSPS) is 15.6. The lowest BCUT2D eigenvalue weighted by Gasteiger charge is -2.21. The molecule has 1 heteroatoms. The van der Waals surface area contributed by atoms with Crippen molar-refractivity contribution >= 4 is 0 Å². The molecule has 0 heterocycles. The van der Waals surface area contributed by atoms with Gasteiger partial charge in [-0.15, -0.1) is 0 Å². The summed E-state index contributed by atoms with van der Waals surface area (Å²) in [6.45, 7) is 13.0. The Kier molecular flexibility index (Phi) is 13.2. The molecule has 0 radical (unpaired) electrons. The molecule has 20 heavy (non-hydrogen) atoms. The van der Waals surface area contributed by atoms with Crippen molar-refractivity contribution in [1.29, 1.82) is 0 Å². The van der Waals surface area contributed by atoms with Gasteiger partial charge in [0.05, 0.1) is 6.54 Å². The Balaban J connectivity index is 0.000000511. The average Bonchev–Trinajstić information content (AvgIpc) is 2.40. The summed E-state index contributed by atoms with van der Waals surface area (Å²) in [5.74, 6) is 8.66. The molecule has 1 aliphatic rings. The second-order valence-electron chi connectivity index (χ2n) is 6.79. The van der Waals surface area contributed by atoms with Gasteiger partial charge in [0.25, 0.3) is 0 Å². The Morgan fingerprint density at radius 1 is 1.05 bits per heavy atom. The molecule has 0 unspecified atom stereocenters. The fourth-order valence-corrected chi connectivity index (χ4v) is 2.56. The van der Waals surface area contributed by atoms with Crippen molar-refractivity contribution in [1.82, 2.24) is 5.32 Å². The van der Waals surface area contributed by atoms with E-state index in [-0.39, 0.29) is 0 Å². The van der Waals surface area contributed by atoms with Gasteiger partial charge in [-0.05, 0) is 31.2 Å². The summed E-state index contributed by atoms with van der Waals surface area (Å²) in [6, 6.07) is 0. The summed E-state index contributed by atoms with van der Waals surface area (Å²) < 4.78 is 0. The van der Waals surface area contributed by atoms with E-state index in [0.717, 1.165) is 18.4 Å². The Morgan fingerprint density at radius 2 is 1.70 bits per heavy atom. The maximum absolute atomic E-state index is 3.44.